The molecule has 0 atom stereocenters. The summed E-state index contributed by atoms with van der Waals surface area (Å²) in [6, 6.07) is 5.21. The zero-order valence-corrected chi connectivity index (χ0v) is 9.86. The molecule has 0 aliphatic carbocycles. The monoisotopic (exact) mass is 303 g/mol. The first-order chi connectivity index (χ1) is 8.91. The minimum Gasteiger partial charge on any atom is -0.320 e. The Morgan fingerprint density at radius 3 is 1.95 bits per heavy atom. The Bertz CT molecular complexity index is 510. The van der Waals surface area contributed by atoms with Gasteiger partial charge in [0, 0.05) is 5.69 Å². The van der Waals surface area contributed by atoms with Gasteiger partial charge in [0.05, 0.1) is 0 Å². The van der Waals surface area contributed by atoms with Crippen molar-refractivity contribution in [2.45, 2.75) is 24.9 Å². The highest BCUT2D eigenvalue weighted by Gasteiger charge is 2.76. The molecule has 0 aromatic heterocycles. The van der Waals surface area contributed by atoms with E-state index in [9.17, 15) is 35.5 Å². The highest BCUT2D eigenvalue weighted by Crippen LogP contribution is 2.46. The molecule has 0 heterocycles. The number of amides is 1. The average Bonchev–Trinajstić information content (AvgIpc) is 2.30. The third-order valence-electron chi connectivity index (χ3n) is 2.43. The summed E-state index contributed by atoms with van der Waals surface area (Å²) in [7, 11) is 0. The molecule has 2 nitrogen and oxygen atoms in total. The molecule has 112 valence electrons. The van der Waals surface area contributed by atoms with Crippen LogP contribution in [0.15, 0.2) is 24.3 Å². The van der Waals surface area contributed by atoms with E-state index >= 15 is 0 Å². The Hall–Kier alpha value is -1.80. The van der Waals surface area contributed by atoms with E-state index < -0.39 is 23.9 Å². The van der Waals surface area contributed by atoms with Crippen molar-refractivity contribution in [1.82, 2.24) is 0 Å². The van der Waals surface area contributed by atoms with Crippen LogP contribution in [-0.2, 0) is 4.79 Å². The molecule has 0 aliphatic rings. The second kappa shape index (κ2) is 4.95. The van der Waals surface area contributed by atoms with E-state index in [0.29, 0.717) is 0 Å². The lowest BCUT2D eigenvalue weighted by atomic mass is 10.1. The number of rotatable bonds is 3. The zero-order chi connectivity index (χ0) is 15.8. The summed E-state index contributed by atoms with van der Waals surface area (Å²) in [5.74, 6) is -15.1. The van der Waals surface area contributed by atoms with E-state index in [1.165, 1.54) is 30.4 Å². The van der Waals surface area contributed by atoms with Gasteiger partial charge in [0.15, 0.2) is 0 Å². The number of nitrogens with one attached hydrogen (secondary N) is 1. The van der Waals surface area contributed by atoms with Gasteiger partial charge in [0.25, 0.3) is 0 Å². The van der Waals surface area contributed by atoms with Crippen LogP contribution in [0.25, 0.3) is 0 Å². The molecular weight excluding hydrogens is 295 g/mol. The Morgan fingerprint density at radius 1 is 1.00 bits per heavy atom. The van der Waals surface area contributed by atoms with E-state index in [1.807, 2.05) is 0 Å². The van der Waals surface area contributed by atoms with Crippen molar-refractivity contribution in [2.24, 2.45) is 0 Å². The van der Waals surface area contributed by atoms with Crippen molar-refractivity contribution < 1.29 is 35.5 Å². The third kappa shape index (κ3) is 2.70. The molecule has 0 saturated carbocycles. The maximum atomic E-state index is 13.0. The Morgan fingerprint density at radius 2 is 1.50 bits per heavy atom. The molecule has 0 spiro atoms. The molecule has 1 amide bonds. The van der Waals surface area contributed by atoms with Crippen LogP contribution < -0.4 is 5.32 Å². The van der Waals surface area contributed by atoms with Crippen LogP contribution in [-0.4, -0.2) is 23.9 Å². The number of aryl methyl sites for hydroxylation is 1. The number of halogens is 7. The van der Waals surface area contributed by atoms with Gasteiger partial charge in [0.1, 0.15) is 0 Å². The van der Waals surface area contributed by atoms with E-state index in [4.69, 9.17) is 0 Å². The molecule has 1 aromatic carbocycles. The topological polar surface area (TPSA) is 29.1 Å². The van der Waals surface area contributed by atoms with Crippen LogP contribution in [0.3, 0.4) is 0 Å². The highest BCUT2D eigenvalue weighted by molar-refractivity contribution is 5.97. The van der Waals surface area contributed by atoms with Crippen molar-refractivity contribution in [1.29, 1.82) is 0 Å². The van der Waals surface area contributed by atoms with Gasteiger partial charge in [-0.15, -0.1) is 0 Å². The lowest BCUT2D eigenvalue weighted by Gasteiger charge is -2.27. The Kier molecular flexibility index (Phi) is 4.02. The SMILES string of the molecule is Cc1ccccc1NC(=O)C(F)(F)C(F)(F)C(F)(F)F. The molecular formula is C11H8F7NO. The highest BCUT2D eigenvalue weighted by atomic mass is 19.4. The minimum absolute atomic E-state index is 0.229. The second-order valence-electron chi connectivity index (χ2n) is 3.92. The minimum atomic E-state index is -6.54. The van der Waals surface area contributed by atoms with Crippen molar-refractivity contribution in [2.75, 3.05) is 5.32 Å². The van der Waals surface area contributed by atoms with Crippen LogP contribution in [0.2, 0.25) is 0 Å². The normalized spacial score (nSPS) is 13.2. The van der Waals surface area contributed by atoms with Gasteiger partial charge in [-0.25, -0.2) is 0 Å². The van der Waals surface area contributed by atoms with Crippen LogP contribution in [0.5, 0.6) is 0 Å². The Labute approximate surface area is 108 Å². The van der Waals surface area contributed by atoms with Gasteiger partial charge in [-0.2, -0.15) is 30.7 Å². The zero-order valence-electron chi connectivity index (χ0n) is 9.86. The quantitative estimate of drug-likeness (QED) is 0.846. The van der Waals surface area contributed by atoms with Crippen molar-refractivity contribution in [3.63, 3.8) is 0 Å². The molecule has 1 rings (SSSR count). The van der Waals surface area contributed by atoms with Crippen LogP contribution in [0, 0.1) is 6.92 Å². The summed E-state index contributed by atoms with van der Waals surface area (Å²) in [6.07, 6.45) is -6.54. The van der Waals surface area contributed by atoms with Gasteiger partial charge >= 0.3 is 23.9 Å². The molecule has 0 aliphatic heterocycles. The lowest BCUT2D eigenvalue weighted by Crippen LogP contribution is -2.57. The number of anilines is 1. The number of carbonyl (C=O) groups excluding carboxylic acids is 1. The molecule has 0 unspecified atom stereocenters. The van der Waals surface area contributed by atoms with Gasteiger partial charge in [-0.1, -0.05) is 18.2 Å². The smallest absolute Gasteiger partial charge is 0.320 e. The predicted octanol–water partition coefficient (Wildman–Crippen LogP) is 3.77. The second-order valence-corrected chi connectivity index (χ2v) is 3.92. The number of benzene rings is 1. The number of carbonyl (C=O) groups is 1. The molecule has 20 heavy (non-hydrogen) atoms. The molecule has 0 bridgehead atoms. The van der Waals surface area contributed by atoms with Crippen LogP contribution >= 0.6 is 0 Å². The molecule has 9 heteroatoms. The maximum absolute atomic E-state index is 13.0. The first kappa shape index (κ1) is 16.3. The van der Waals surface area contributed by atoms with E-state index in [1.54, 1.807) is 0 Å². The first-order valence-corrected chi connectivity index (χ1v) is 5.10. The van der Waals surface area contributed by atoms with Gasteiger partial charge in [0.2, 0.25) is 0 Å². The van der Waals surface area contributed by atoms with E-state index in [0.717, 1.165) is 6.07 Å². The standard InChI is InChI=1S/C11H8F7NO/c1-6-4-2-3-5-7(6)19-8(20)9(12,13)10(14,15)11(16,17)18/h2-5H,1H3,(H,19,20). The number of hydrogen-bond acceptors (Lipinski definition) is 1. The summed E-state index contributed by atoms with van der Waals surface area (Å²) in [5, 5.41) is 1.36. The fraction of sp³-hybridized carbons (Fsp3) is 0.364. The van der Waals surface area contributed by atoms with Crippen molar-refractivity contribution >= 4 is 11.6 Å². The molecule has 1 aromatic rings. The number of hydrogen-bond donors (Lipinski definition) is 1. The lowest BCUT2D eigenvalue weighted by molar-refractivity contribution is -0.343. The summed E-state index contributed by atoms with van der Waals surface area (Å²) < 4.78 is 87.0. The first-order valence-electron chi connectivity index (χ1n) is 5.10. The van der Waals surface area contributed by atoms with Crippen LogP contribution in [0.1, 0.15) is 5.56 Å². The van der Waals surface area contributed by atoms with Gasteiger partial charge in [-0.3, -0.25) is 4.79 Å². The number of alkyl halides is 7. The molecule has 0 saturated heterocycles. The fourth-order valence-corrected chi connectivity index (χ4v) is 1.23. The predicted molar refractivity (Wildman–Crippen MR) is 55.8 cm³/mol. The summed E-state index contributed by atoms with van der Waals surface area (Å²) in [6.45, 7) is 1.36. The third-order valence-corrected chi connectivity index (χ3v) is 2.43. The number of para-hydroxylation sites is 1. The largest absolute Gasteiger partial charge is 0.460 e. The fourth-order valence-electron chi connectivity index (χ4n) is 1.23. The molecule has 1 N–H and O–H groups in total. The van der Waals surface area contributed by atoms with Crippen LogP contribution in [0.4, 0.5) is 36.4 Å². The van der Waals surface area contributed by atoms with E-state index in [2.05, 4.69) is 0 Å². The van der Waals surface area contributed by atoms with Gasteiger partial charge < -0.3 is 5.32 Å². The summed E-state index contributed by atoms with van der Waals surface area (Å²) >= 11 is 0. The summed E-state index contributed by atoms with van der Waals surface area (Å²) in [4.78, 5) is 11.0. The molecule has 0 fully saturated rings. The van der Waals surface area contributed by atoms with Gasteiger partial charge in [-0.05, 0) is 18.6 Å². The average molecular weight is 303 g/mol. The summed E-state index contributed by atoms with van der Waals surface area (Å²) in [5.41, 5.74) is -0.0536. The molecule has 0 radical (unpaired) electrons. The van der Waals surface area contributed by atoms with Crippen molar-refractivity contribution in [3.05, 3.63) is 29.8 Å². The van der Waals surface area contributed by atoms with Crippen molar-refractivity contribution in [3.8, 4) is 0 Å². The maximum Gasteiger partial charge on any atom is 0.460 e. The van der Waals surface area contributed by atoms with E-state index in [-0.39, 0.29) is 11.3 Å². The Balaban J connectivity index is 3.05.